The number of rotatable bonds is 2. The van der Waals surface area contributed by atoms with E-state index in [1.165, 1.54) is 22.5 Å². The summed E-state index contributed by atoms with van der Waals surface area (Å²) in [4.78, 5) is 4.36. The molecule has 0 unspecified atom stereocenters. The smallest absolute Gasteiger partial charge is 0 e. The second-order valence-electron chi connectivity index (χ2n) is 3.74. The van der Waals surface area contributed by atoms with E-state index < -0.39 is 0 Å². The van der Waals surface area contributed by atoms with E-state index in [-0.39, 0.29) is 37.5 Å². The molecule has 28 heavy (non-hydrogen) atoms. The van der Waals surface area contributed by atoms with Gasteiger partial charge in [-0.1, -0.05) is 0 Å². The fraction of sp³-hybridized carbons (Fsp3) is 0.353. The minimum atomic E-state index is 0. The van der Waals surface area contributed by atoms with Crippen LogP contribution in [0.1, 0.15) is 13.8 Å². The van der Waals surface area contributed by atoms with E-state index in [4.69, 9.17) is 32.6 Å². The van der Waals surface area contributed by atoms with Gasteiger partial charge in [-0.3, -0.25) is 0 Å². The summed E-state index contributed by atoms with van der Waals surface area (Å²) < 4.78 is 52.5. The first kappa shape index (κ1) is 56.3. The van der Waals surface area contributed by atoms with E-state index in [1.54, 1.807) is 0 Å². The largest absolute Gasteiger partial charge is 0 e. The van der Waals surface area contributed by atoms with Gasteiger partial charge in [0.05, 0.1) is 11.4 Å². The zero-order valence-corrected chi connectivity index (χ0v) is 19.9. The first-order chi connectivity index (χ1) is 12.5. The van der Waals surface area contributed by atoms with Crippen LogP contribution in [-0.4, -0.2) is 38.0 Å². The van der Waals surface area contributed by atoms with E-state index in [9.17, 15) is 0 Å². The van der Waals surface area contributed by atoms with Gasteiger partial charge in [0, 0.05) is 65.7 Å². The van der Waals surface area contributed by atoms with Gasteiger partial charge in [-0.05, 0) is 25.0 Å². The van der Waals surface area contributed by atoms with Gasteiger partial charge in [-0.15, -0.1) is 0 Å². The van der Waals surface area contributed by atoms with Gasteiger partial charge in [0.15, 0.2) is 0 Å². The van der Waals surface area contributed by atoms with Crippen LogP contribution in [0.15, 0.2) is 22.5 Å². The molecule has 0 aromatic rings. The minimum absolute atomic E-state index is 0. The number of nitrogens with zero attached hydrogens (tertiary/aromatic N) is 2. The van der Waals surface area contributed by atoms with Crippen molar-refractivity contribution in [2.45, 2.75) is 13.8 Å². The van der Waals surface area contributed by atoms with Crippen LogP contribution in [0.25, 0.3) is 0 Å². The van der Waals surface area contributed by atoms with Gasteiger partial charge in [-0.2, -0.15) is 0 Å². The number of hydrogen-bond donors (Lipinski definition) is 0. The van der Waals surface area contributed by atoms with Crippen molar-refractivity contribution in [2.75, 3.05) is 28.2 Å². The Balaban J connectivity index is -0.0000000277. The van der Waals surface area contributed by atoms with Crippen LogP contribution in [0.4, 0.5) is 0 Å². The van der Waals surface area contributed by atoms with Crippen LogP contribution in [-0.2, 0) is 70.1 Å². The van der Waals surface area contributed by atoms with E-state index in [1.807, 2.05) is 0 Å². The van der Waals surface area contributed by atoms with Crippen LogP contribution >= 0.6 is 0 Å². The standard InChI is InChI=1S/C10H18N2.7CO.Mn.Re/c1-7-8(2)10(12(5)6)9(7)11(3)4;7*1-2;;/h1-6H3;;;;;;;;;. The molecule has 152 valence electrons. The normalized spacial score (nSPS) is 7.57. The third-order valence-corrected chi connectivity index (χ3v) is 2.39. The predicted octanol–water partition coefficient (Wildman–Crippen LogP) is 1.40. The van der Waals surface area contributed by atoms with Crippen LogP contribution in [0.5, 0.6) is 0 Å². The van der Waals surface area contributed by atoms with Crippen molar-refractivity contribution in [3.05, 3.63) is 69.1 Å². The Bertz CT molecular complexity index is 455. The van der Waals surface area contributed by atoms with Crippen molar-refractivity contribution >= 4 is 0 Å². The van der Waals surface area contributed by atoms with Crippen LogP contribution in [0.3, 0.4) is 0 Å². The molecule has 0 N–H and O–H groups in total. The molecular formula is C17H18MnN2O7Re. The summed E-state index contributed by atoms with van der Waals surface area (Å²) in [5.41, 5.74) is 5.59. The maximum absolute atomic E-state index is 7.50. The van der Waals surface area contributed by atoms with Crippen molar-refractivity contribution < 1.29 is 70.1 Å². The molecule has 0 aromatic carbocycles. The molecule has 1 aliphatic rings. The second-order valence-corrected chi connectivity index (χ2v) is 3.74. The van der Waals surface area contributed by atoms with E-state index >= 15 is 0 Å². The third-order valence-electron chi connectivity index (χ3n) is 2.39. The average molecular weight is 603 g/mol. The fourth-order valence-corrected chi connectivity index (χ4v) is 1.74. The molecule has 0 fully saturated rings. The summed E-state index contributed by atoms with van der Waals surface area (Å²) in [7, 11) is 8.37. The minimum Gasteiger partial charge on any atom is 0 e. The Morgan fingerprint density at radius 1 is 0.464 bits per heavy atom. The topological polar surface area (TPSA) is 146 Å². The maximum Gasteiger partial charge on any atom is 0 e. The maximum atomic E-state index is 7.50. The molecule has 9 nitrogen and oxygen atoms in total. The quantitative estimate of drug-likeness (QED) is 0.267. The fourth-order valence-electron chi connectivity index (χ4n) is 1.74. The van der Waals surface area contributed by atoms with Crippen molar-refractivity contribution in [3.8, 4) is 0 Å². The molecule has 11 heteroatoms. The molecule has 0 bridgehead atoms. The molecule has 0 amide bonds. The Morgan fingerprint density at radius 3 is 0.643 bits per heavy atom. The second kappa shape index (κ2) is 56.2. The Hall–Kier alpha value is -1.56. The Labute approximate surface area is 190 Å². The van der Waals surface area contributed by atoms with Crippen LogP contribution < -0.4 is 0 Å². The molecule has 1 rings (SSSR count). The summed E-state index contributed by atoms with van der Waals surface area (Å²) in [5, 5.41) is 0. The van der Waals surface area contributed by atoms with Crippen LogP contribution in [0.2, 0.25) is 0 Å². The van der Waals surface area contributed by atoms with E-state index in [2.05, 4.69) is 98.4 Å². The molecule has 0 aliphatic heterocycles. The monoisotopic (exact) mass is 604 g/mol. The zero-order valence-electron chi connectivity index (χ0n) is 16.0. The summed E-state index contributed by atoms with van der Waals surface area (Å²) >= 11 is 0. The molecule has 0 heterocycles. The summed E-state index contributed by atoms with van der Waals surface area (Å²) in [6, 6.07) is 0. The molecular weight excluding hydrogens is 585 g/mol. The van der Waals surface area contributed by atoms with Crippen molar-refractivity contribution in [2.24, 2.45) is 0 Å². The molecule has 0 atom stereocenters. The average Bonchev–Trinajstić information content (AvgIpc) is 2.75. The molecule has 0 spiro atoms. The Morgan fingerprint density at radius 2 is 0.571 bits per heavy atom. The van der Waals surface area contributed by atoms with Gasteiger partial charge in [0.1, 0.15) is 0 Å². The van der Waals surface area contributed by atoms with Crippen molar-refractivity contribution in [1.82, 2.24) is 9.80 Å². The number of hydrogen-bond acceptors (Lipinski definition) is 2. The van der Waals surface area contributed by atoms with Gasteiger partial charge < -0.3 is 9.80 Å². The summed E-state index contributed by atoms with van der Waals surface area (Å²) in [6.07, 6.45) is 0. The van der Waals surface area contributed by atoms with Gasteiger partial charge in [0.2, 0.25) is 0 Å². The molecule has 0 saturated carbocycles. The predicted molar refractivity (Wildman–Crippen MR) is 80.3 cm³/mol. The Kier molecular flexibility index (Phi) is 113. The summed E-state index contributed by atoms with van der Waals surface area (Å²) in [5.74, 6) is 0. The SMILES string of the molecule is CC1=C(C)C(N(C)C)=C1N(C)C.[C-]#[O+].[C-]#[O+].[C-]#[O+].[C-]#[O+].[C-]#[O+].[C-]#[O+].[C-]#[O+].[Mn].[Re]. The van der Waals surface area contributed by atoms with Crippen LogP contribution in [0, 0.1) is 46.6 Å². The number of likely N-dealkylation sites (N-methyl/N-ethyl adjacent to an activating group) is 2. The van der Waals surface area contributed by atoms with Gasteiger partial charge >= 0.3 is 79.1 Å². The summed E-state index contributed by atoms with van der Waals surface area (Å²) in [6.45, 7) is 35.9. The molecule has 1 aliphatic carbocycles. The van der Waals surface area contributed by atoms with E-state index in [0.717, 1.165) is 0 Å². The molecule has 0 saturated heterocycles. The van der Waals surface area contributed by atoms with Crippen molar-refractivity contribution in [3.63, 3.8) is 0 Å². The molecule has 2 radical (unpaired) electrons. The van der Waals surface area contributed by atoms with Gasteiger partial charge in [-0.25, -0.2) is 0 Å². The zero-order chi connectivity index (χ0) is 23.5. The van der Waals surface area contributed by atoms with E-state index in [0.29, 0.717) is 0 Å². The molecule has 0 aromatic heterocycles. The first-order valence-corrected chi connectivity index (χ1v) is 5.66. The van der Waals surface area contributed by atoms with Gasteiger partial charge in [0.25, 0.3) is 0 Å². The third kappa shape index (κ3) is 26.7. The first-order valence-electron chi connectivity index (χ1n) is 5.66. The number of allylic oxidation sites excluding steroid dienone is 2. The van der Waals surface area contributed by atoms with Crippen molar-refractivity contribution in [1.29, 1.82) is 0 Å².